The third-order valence-corrected chi connectivity index (χ3v) is 5.14. The monoisotopic (exact) mass is 339 g/mol. The molecule has 0 aliphatic heterocycles. The summed E-state index contributed by atoms with van der Waals surface area (Å²) in [5.41, 5.74) is 0. The summed E-state index contributed by atoms with van der Waals surface area (Å²) in [6, 6.07) is 1.01. The van der Waals surface area contributed by atoms with Gasteiger partial charge in [-0.3, -0.25) is 0 Å². The first-order valence-corrected chi connectivity index (χ1v) is 7.60. The smallest absolute Gasteiger partial charge is 0.371 e. The molecule has 0 atom stereocenters. The number of carbonyl (C=O) groups is 1. The van der Waals surface area contributed by atoms with Gasteiger partial charge in [0, 0.05) is 19.2 Å². The van der Waals surface area contributed by atoms with Gasteiger partial charge in [0.1, 0.15) is 4.90 Å². The highest BCUT2D eigenvalue weighted by atomic mass is 79.9. The number of nitrogens with zero attached hydrogens (tertiary/aromatic N) is 1. The molecule has 0 saturated heterocycles. The number of carboxylic acids is 1. The van der Waals surface area contributed by atoms with E-state index in [-0.39, 0.29) is 9.56 Å². The molecule has 1 aromatic rings. The lowest BCUT2D eigenvalue weighted by Crippen LogP contribution is -2.31. The van der Waals surface area contributed by atoms with Crippen molar-refractivity contribution in [2.45, 2.75) is 25.2 Å². The van der Waals surface area contributed by atoms with Gasteiger partial charge in [-0.15, -0.1) is 0 Å². The van der Waals surface area contributed by atoms with Crippen LogP contribution < -0.4 is 0 Å². The van der Waals surface area contributed by atoms with Gasteiger partial charge in [0.05, 0.1) is 0 Å². The minimum absolute atomic E-state index is 0.0885. The zero-order valence-electron chi connectivity index (χ0n) is 10.0. The van der Waals surface area contributed by atoms with Crippen molar-refractivity contribution in [3.63, 3.8) is 0 Å². The first-order chi connectivity index (χ1) is 8.34. The molecule has 1 heterocycles. The summed E-state index contributed by atoms with van der Waals surface area (Å²) in [7, 11) is -3.73. The number of carboxylic acid groups (broad SMARTS) is 1. The Bertz CT molecular complexity index is 536. The van der Waals surface area contributed by atoms with Crippen molar-refractivity contribution in [2.75, 3.05) is 13.1 Å². The van der Waals surface area contributed by atoms with Gasteiger partial charge in [-0.1, -0.05) is 13.8 Å². The lowest BCUT2D eigenvalue weighted by molar-refractivity contribution is 0.0661. The van der Waals surface area contributed by atoms with Gasteiger partial charge in [0.25, 0.3) is 0 Å². The zero-order valence-corrected chi connectivity index (χ0v) is 12.4. The molecule has 0 aliphatic carbocycles. The summed E-state index contributed by atoms with van der Waals surface area (Å²) in [6.07, 6.45) is 0.675. The van der Waals surface area contributed by atoms with Crippen molar-refractivity contribution in [3.8, 4) is 0 Å². The topological polar surface area (TPSA) is 87.8 Å². The predicted octanol–water partition coefficient (Wildman–Crippen LogP) is 2.16. The summed E-state index contributed by atoms with van der Waals surface area (Å²) in [6.45, 7) is 4.28. The minimum atomic E-state index is -3.73. The van der Waals surface area contributed by atoms with E-state index in [1.807, 2.05) is 6.92 Å². The molecule has 1 rings (SSSR count). The van der Waals surface area contributed by atoms with Gasteiger partial charge in [-0.2, -0.15) is 4.31 Å². The molecule has 0 saturated carbocycles. The number of sulfonamides is 1. The summed E-state index contributed by atoms with van der Waals surface area (Å²) >= 11 is 2.93. The number of halogens is 1. The van der Waals surface area contributed by atoms with Gasteiger partial charge < -0.3 is 9.52 Å². The molecule has 0 spiro atoms. The molecule has 0 bridgehead atoms. The van der Waals surface area contributed by atoms with E-state index >= 15 is 0 Å². The Morgan fingerprint density at radius 3 is 2.50 bits per heavy atom. The normalized spacial score (nSPS) is 12.0. The molecule has 0 unspecified atom stereocenters. The minimum Gasteiger partial charge on any atom is -0.475 e. The van der Waals surface area contributed by atoms with E-state index in [4.69, 9.17) is 9.52 Å². The highest BCUT2D eigenvalue weighted by Crippen LogP contribution is 2.28. The predicted molar refractivity (Wildman–Crippen MR) is 68.1 cm³/mol. The maximum absolute atomic E-state index is 12.3. The molecule has 0 fully saturated rings. The molecular formula is C10H14BrNO5S. The molecule has 0 radical (unpaired) electrons. The largest absolute Gasteiger partial charge is 0.475 e. The fraction of sp³-hybridized carbons (Fsp3) is 0.500. The van der Waals surface area contributed by atoms with Crippen LogP contribution in [-0.4, -0.2) is 36.9 Å². The van der Waals surface area contributed by atoms with Gasteiger partial charge in [0.15, 0.2) is 4.67 Å². The molecule has 6 nitrogen and oxygen atoms in total. The van der Waals surface area contributed by atoms with Crippen LogP contribution in [0.4, 0.5) is 0 Å². The van der Waals surface area contributed by atoms with Crippen LogP contribution in [0, 0.1) is 0 Å². The molecule has 1 aromatic heterocycles. The van der Waals surface area contributed by atoms with Crippen molar-refractivity contribution in [2.24, 2.45) is 0 Å². The van der Waals surface area contributed by atoms with Crippen molar-refractivity contribution < 1.29 is 22.7 Å². The molecular weight excluding hydrogens is 326 g/mol. The van der Waals surface area contributed by atoms with Crippen molar-refractivity contribution in [1.29, 1.82) is 0 Å². The van der Waals surface area contributed by atoms with E-state index in [9.17, 15) is 13.2 Å². The molecule has 102 valence electrons. The Morgan fingerprint density at radius 2 is 2.11 bits per heavy atom. The Morgan fingerprint density at radius 1 is 1.50 bits per heavy atom. The SMILES string of the molecule is CCCN(CC)S(=O)(=O)c1cc(C(=O)O)oc1Br. The van der Waals surface area contributed by atoms with Gasteiger partial charge in [-0.05, 0) is 22.4 Å². The Labute approximate surface area is 114 Å². The average Bonchev–Trinajstić information content (AvgIpc) is 2.68. The van der Waals surface area contributed by atoms with E-state index in [0.29, 0.717) is 19.5 Å². The second-order valence-corrected chi connectivity index (χ2v) is 6.18. The Balaban J connectivity index is 3.23. The molecule has 0 aromatic carbocycles. The van der Waals surface area contributed by atoms with Gasteiger partial charge in [0.2, 0.25) is 15.8 Å². The molecule has 0 amide bonds. The zero-order chi connectivity index (χ0) is 13.9. The summed E-state index contributed by atoms with van der Waals surface area (Å²) < 4.78 is 30.5. The van der Waals surface area contributed by atoms with E-state index in [2.05, 4.69) is 15.9 Å². The number of rotatable bonds is 6. The molecule has 0 aliphatic rings. The number of furan rings is 1. The standard InChI is InChI=1S/C10H14BrNO5S/c1-3-5-12(4-2)18(15,16)8-6-7(10(13)14)17-9(8)11/h6H,3-5H2,1-2H3,(H,13,14). The molecule has 8 heteroatoms. The van der Waals surface area contributed by atoms with Crippen molar-refractivity contribution >= 4 is 31.9 Å². The average molecular weight is 340 g/mol. The quantitative estimate of drug-likeness (QED) is 0.857. The number of hydrogen-bond acceptors (Lipinski definition) is 4. The highest BCUT2D eigenvalue weighted by molar-refractivity contribution is 9.10. The second kappa shape index (κ2) is 5.85. The van der Waals surface area contributed by atoms with Crippen LogP contribution in [0.1, 0.15) is 30.8 Å². The fourth-order valence-corrected chi connectivity index (χ4v) is 3.91. The van der Waals surface area contributed by atoms with Crippen molar-refractivity contribution in [3.05, 3.63) is 16.5 Å². The number of hydrogen-bond donors (Lipinski definition) is 1. The van der Waals surface area contributed by atoms with Crippen LogP contribution in [0.25, 0.3) is 0 Å². The van der Waals surface area contributed by atoms with E-state index in [1.165, 1.54) is 4.31 Å². The molecule has 1 N–H and O–H groups in total. The first-order valence-electron chi connectivity index (χ1n) is 5.37. The maximum atomic E-state index is 12.3. The fourth-order valence-electron chi connectivity index (χ4n) is 1.47. The van der Waals surface area contributed by atoms with Gasteiger partial charge in [-0.25, -0.2) is 13.2 Å². The van der Waals surface area contributed by atoms with Crippen LogP contribution in [0.2, 0.25) is 0 Å². The van der Waals surface area contributed by atoms with Crippen molar-refractivity contribution in [1.82, 2.24) is 4.31 Å². The second-order valence-electron chi connectivity index (χ2n) is 3.55. The van der Waals surface area contributed by atoms with E-state index in [1.54, 1.807) is 6.92 Å². The van der Waals surface area contributed by atoms with Crippen LogP contribution >= 0.6 is 15.9 Å². The lowest BCUT2D eigenvalue weighted by Gasteiger charge is -2.18. The Kier molecular flexibility index (Phi) is 4.94. The van der Waals surface area contributed by atoms with Crippen LogP contribution in [0.5, 0.6) is 0 Å². The van der Waals surface area contributed by atoms with Crippen LogP contribution in [-0.2, 0) is 10.0 Å². The van der Waals surface area contributed by atoms with E-state index < -0.39 is 21.8 Å². The first kappa shape index (κ1) is 15.2. The van der Waals surface area contributed by atoms with Gasteiger partial charge >= 0.3 is 5.97 Å². The highest BCUT2D eigenvalue weighted by Gasteiger charge is 2.29. The molecule has 18 heavy (non-hydrogen) atoms. The lowest BCUT2D eigenvalue weighted by atomic mass is 10.5. The van der Waals surface area contributed by atoms with Crippen LogP contribution in [0.15, 0.2) is 20.0 Å². The Hall–Kier alpha value is -0.860. The summed E-state index contributed by atoms with van der Waals surface area (Å²) in [4.78, 5) is 10.6. The summed E-state index contributed by atoms with van der Waals surface area (Å²) in [5.74, 6) is -1.72. The summed E-state index contributed by atoms with van der Waals surface area (Å²) in [5, 5.41) is 8.76. The third kappa shape index (κ3) is 2.93. The maximum Gasteiger partial charge on any atom is 0.371 e. The van der Waals surface area contributed by atoms with Crippen LogP contribution in [0.3, 0.4) is 0 Å². The van der Waals surface area contributed by atoms with E-state index in [0.717, 1.165) is 6.07 Å². The third-order valence-electron chi connectivity index (χ3n) is 2.31. The number of aromatic carboxylic acids is 1.